The molecule has 0 amide bonds. The summed E-state index contributed by atoms with van der Waals surface area (Å²) in [5.74, 6) is -0.862. The molecule has 0 bridgehead atoms. The Morgan fingerprint density at radius 3 is 2.33 bits per heavy atom. The van der Waals surface area contributed by atoms with Crippen molar-refractivity contribution in [3.63, 3.8) is 0 Å². The smallest absolute Gasteiger partial charge is 0.395 e. The lowest BCUT2D eigenvalue weighted by molar-refractivity contribution is -0.119. The van der Waals surface area contributed by atoms with Crippen LogP contribution in [0.2, 0.25) is 0 Å². The van der Waals surface area contributed by atoms with Crippen LogP contribution in [0.3, 0.4) is 0 Å². The number of hydrogen-bond acceptors (Lipinski definition) is 3. The Hall–Kier alpha value is -1.34. The monoisotopic (exact) mass is 267 g/mol. The molecule has 0 aliphatic carbocycles. The fourth-order valence-electron chi connectivity index (χ4n) is 1.65. The zero-order chi connectivity index (χ0) is 13.8. The number of rotatable bonds is 5. The van der Waals surface area contributed by atoms with E-state index in [9.17, 15) is 17.6 Å². The summed E-state index contributed by atoms with van der Waals surface area (Å²) < 4.78 is 50.7. The first-order valence-electron chi connectivity index (χ1n) is 5.20. The van der Waals surface area contributed by atoms with Crippen LogP contribution >= 0.6 is 0 Å². The maximum absolute atomic E-state index is 13.6. The Bertz CT molecular complexity index is 395. The van der Waals surface area contributed by atoms with E-state index in [0.717, 1.165) is 6.07 Å². The summed E-state index contributed by atoms with van der Waals surface area (Å²) in [6.45, 7) is -2.88. The molecule has 0 aromatic heterocycles. The highest BCUT2D eigenvalue weighted by atomic mass is 19.4. The van der Waals surface area contributed by atoms with Gasteiger partial charge in [0.25, 0.3) is 0 Å². The van der Waals surface area contributed by atoms with E-state index in [0.29, 0.717) is 4.90 Å². The third-order valence-electron chi connectivity index (χ3n) is 2.30. The molecule has 18 heavy (non-hydrogen) atoms. The molecule has 0 spiro atoms. The molecule has 0 unspecified atom stereocenters. The van der Waals surface area contributed by atoms with E-state index in [-0.39, 0.29) is 17.8 Å². The lowest BCUT2D eigenvalue weighted by Gasteiger charge is -2.27. The van der Waals surface area contributed by atoms with Crippen molar-refractivity contribution in [3.05, 3.63) is 29.6 Å². The first-order chi connectivity index (χ1) is 8.39. The number of nitrogens with zero attached hydrogens (tertiary/aromatic N) is 1. The minimum Gasteiger partial charge on any atom is -0.395 e. The lowest BCUT2D eigenvalue weighted by atomic mass is 10.1. The van der Waals surface area contributed by atoms with E-state index >= 15 is 0 Å². The molecular formula is C11H13F4NO2. The molecule has 0 radical (unpaired) electrons. The second-order valence-corrected chi connectivity index (χ2v) is 3.67. The van der Waals surface area contributed by atoms with Crippen LogP contribution in [-0.4, -0.2) is 36.1 Å². The number of aliphatic hydroxyl groups is 2. The number of aliphatic hydroxyl groups excluding tert-OH is 2. The van der Waals surface area contributed by atoms with Gasteiger partial charge in [-0.3, -0.25) is 0 Å². The fourth-order valence-corrected chi connectivity index (χ4v) is 1.65. The van der Waals surface area contributed by atoms with Crippen LogP contribution in [0, 0.1) is 5.82 Å². The number of hydrogen-bond donors (Lipinski definition) is 2. The topological polar surface area (TPSA) is 43.7 Å². The van der Waals surface area contributed by atoms with Crippen LogP contribution in [0.15, 0.2) is 18.2 Å². The van der Waals surface area contributed by atoms with Gasteiger partial charge in [-0.25, -0.2) is 4.39 Å². The second kappa shape index (κ2) is 6.01. The largest absolute Gasteiger partial charge is 0.405 e. The highest BCUT2D eigenvalue weighted by Crippen LogP contribution is 2.28. The summed E-state index contributed by atoms with van der Waals surface area (Å²) in [6, 6.07) is 3.64. The van der Waals surface area contributed by atoms with Crippen molar-refractivity contribution in [2.45, 2.75) is 12.8 Å². The summed E-state index contributed by atoms with van der Waals surface area (Å²) in [5.41, 5.74) is -0.279. The van der Waals surface area contributed by atoms with Gasteiger partial charge in [-0.05, 0) is 6.07 Å². The fraction of sp³-hybridized carbons (Fsp3) is 0.455. The van der Waals surface area contributed by atoms with Crippen LogP contribution in [0.25, 0.3) is 0 Å². The summed E-state index contributed by atoms with van der Waals surface area (Å²) in [5, 5.41) is 17.8. The van der Waals surface area contributed by atoms with E-state index < -0.39 is 31.8 Å². The quantitative estimate of drug-likeness (QED) is 0.798. The number of anilines is 1. The predicted octanol–water partition coefficient (Wildman–Crippen LogP) is 1.68. The maximum Gasteiger partial charge on any atom is 0.405 e. The molecule has 1 aromatic rings. The van der Waals surface area contributed by atoms with Crippen molar-refractivity contribution in [3.8, 4) is 0 Å². The van der Waals surface area contributed by atoms with Gasteiger partial charge >= 0.3 is 6.18 Å². The molecule has 3 nitrogen and oxygen atoms in total. The van der Waals surface area contributed by atoms with Gasteiger partial charge in [0.1, 0.15) is 12.4 Å². The van der Waals surface area contributed by atoms with Crippen molar-refractivity contribution < 1.29 is 27.8 Å². The first-order valence-corrected chi connectivity index (χ1v) is 5.20. The third kappa shape index (κ3) is 3.85. The summed E-state index contributed by atoms with van der Waals surface area (Å²) in [6.07, 6.45) is -4.52. The summed E-state index contributed by atoms with van der Waals surface area (Å²) >= 11 is 0. The molecule has 1 aromatic carbocycles. The number of alkyl halides is 3. The zero-order valence-electron chi connectivity index (χ0n) is 9.41. The minimum absolute atomic E-state index is 0.0488. The van der Waals surface area contributed by atoms with Gasteiger partial charge in [0.05, 0.1) is 18.9 Å². The van der Waals surface area contributed by atoms with E-state index in [1.165, 1.54) is 12.1 Å². The highest BCUT2D eigenvalue weighted by Gasteiger charge is 2.32. The van der Waals surface area contributed by atoms with Crippen molar-refractivity contribution in [2.75, 3.05) is 24.6 Å². The van der Waals surface area contributed by atoms with Crippen molar-refractivity contribution in [1.82, 2.24) is 0 Å². The van der Waals surface area contributed by atoms with Crippen LogP contribution in [0.5, 0.6) is 0 Å². The molecule has 2 N–H and O–H groups in total. The molecule has 0 atom stereocenters. The van der Waals surface area contributed by atoms with Gasteiger partial charge < -0.3 is 15.1 Å². The maximum atomic E-state index is 13.6. The zero-order valence-corrected chi connectivity index (χ0v) is 9.41. The predicted molar refractivity (Wildman–Crippen MR) is 57.7 cm³/mol. The molecule has 102 valence electrons. The first kappa shape index (κ1) is 14.7. The van der Waals surface area contributed by atoms with Gasteiger partial charge in [0, 0.05) is 12.1 Å². The average Bonchev–Trinajstić information content (AvgIpc) is 2.26. The van der Waals surface area contributed by atoms with Crippen LogP contribution in [0.1, 0.15) is 5.56 Å². The molecule has 0 aliphatic rings. The van der Waals surface area contributed by atoms with Crippen LogP contribution < -0.4 is 4.90 Å². The molecule has 7 heteroatoms. The number of halogens is 4. The number of benzene rings is 1. The Morgan fingerprint density at radius 2 is 1.83 bits per heavy atom. The SMILES string of the molecule is OCCN(CC(F)(F)F)c1c(F)cccc1CO. The normalized spacial score (nSPS) is 11.7. The Balaban J connectivity index is 3.12. The molecule has 0 aliphatic heterocycles. The number of para-hydroxylation sites is 1. The molecule has 0 saturated heterocycles. The van der Waals surface area contributed by atoms with Gasteiger partial charge in [0.15, 0.2) is 0 Å². The minimum atomic E-state index is -4.52. The highest BCUT2D eigenvalue weighted by molar-refractivity contribution is 5.54. The van der Waals surface area contributed by atoms with Crippen LogP contribution in [-0.2, 0) is 6.61 Å². The Morgan fingerprint density at radius 1 is 1.17 bits per heavy atom. The Labute approximate surface area is 101 Å². The van der Waals surface area contributed by atoms with Gasteiger partial charge in [0.2, 0.25) is 0 Å². The Kier molecular flexibility index (Phi) is 4.92. The lowest BCUT2D eigenvalue weighted by Crippen LogP contribution is -2.37. The standard InChI is InChI=1S/C11H13F4NO2/c12-9-3-1-2-8(6-18)10(9)16(4-5-17)7-11(13,14)15/h1-3,17-18H,4-7H2. The molecule has 0 saturated carbocycles. The molecular weight excluding hydrogens is 254 g/mol. The molecule has 1 rings (SSSR count). The van der Waals surface area contributed by atoms with E-state index in [1.807, 2.05) is 0 Å². The van der Waals surface area contributed by atoms with Crippen molar-refractivity contribution in [1.29, 1.82) is 0 Å². The third-order valence-corrected chi connectivity index (χ3v) is 2.30. The summed E-state index contributed by atoms with van der Waals surface area (Å²) in [7, 11) is 0. The van der Waals surface area contributed by atoms with E-state index in [1.54, 1.807) is 0 Å². The average molecular weight is 267 g/mol. The molecule has 0 fully saturated rings. The van der Waals surface area contributed by atoms with Gasteiger partial charge in [-0.1, -0.05) is 12.1 Å². The van der Waals surface area contributed by atoms with E-state index in [2.05, 4.69) is 0 Å². The summed E-state index contributed by atoms with van der Waals surface area (Å²) in [4.78, 5) is 0.668. The van der Waals surface area contributed by atoms with Crippen LogP contribution in [0.4, 0.5) is 23.2 Å². The van der Waals surface area contributed by atoms with Crippen molar-refractivity contribution >= 4 is 5.69 Å². The van der Waals surface area contributed by atoms with Gasteiger partial charge in [-0.15, -0.1) is 0 Å². The second-order valence-electron chi connectivity index (χ2n) is 3.67. The molecule has 0 heterocycles. The van der Waals surface area contributed by atoms with Crippen molar-refractivity contribution in [2.24, 2.45) is 0 Å². The van der Waals surface area contributed by atoms with E-state index in [4.69, 9.17) is 10.2 Å². The van der Waals surface area contributed by atoms with Gasteiger partial charge in [-0.2, -0.15) is 13.2 Å².